The van der Waals surface area contributed by atoms with Crippen LogP contribution < -0.4 is 5.49 Å². The van der Waals surface area contributed by atoms with E-state index in [1.54, 1.807) is 20.8 Å². The summed E-state index contributed by atoms with van der Waals surface area (Å²) in [6, 6.07) is 0. The number of carbonyl (C=O) groups is 1. The lowest BCUT2D eigenvalue weighted by Crippen LogP contribution is -2.45. The van der Waals surface area contributed by atoms with Crippen molar-refractivity contribution in [1.82, 2.24) is 9.71 Å². The van der Waals surface area contributed by atoms with Crippen molar-refractivity contribution in [3.8, 4) is 0 Å². The Morgan fingerprint density at radius 3 is 2.86 bits per heavy atom. The van der Waals surface area contributed by atoms with Crippen molar-refractivity contribution < 1.29 is 24.7 Å². The third-order valence-electron chi connectivity index (χ3n) is 3.12. The minimum atomic E-state index is -0.947. The number of hydrogen-bond donors (Lipinski definition) is 3. The van der Waals surface area contributed by atoms with Crippen LogP contribution >= 0.6 is 0 Å². The number of rotatable bonds is 2. The number of esters is 1. The highest BCUT2D eigenvalue weighted by atomic mass is 16.5. The second kappa shape index (κ2) is 5.17. The molecule has 1 aliphatic rings. The van der Waals surface area contributed by atoms with Crippen molar-refractivity contribution in [1.29, 1.82) is 5.41 Å². The molecular weight excluding hydrogens is 280 g/mol. The van der Waals surface area contributed by atoms with Gasteiger partial charge in [-0.2, -0.15) is 4.73 Å². The highest BCUT2D eigenvalue weighted by Gasteiger charge is 2.38. The van der Waals surface area contributed by atoms with Crippen LogP contribution in [0.2, 0.25) is 0 Å². The third-order valence-corrected chi connectivity index (χ3v) is 3.12. The molecule has 1 aliphatic heterocycles. The zero-order valence-corrected chi connectivity index (χ0v) is 11.9. The Morgan fingerprint density at radius 2 is 2.29 bits per heavy atom. The van der Waals surface area contributed by atoms with Crippen molar-refractivity contribution in [2.45, 2.75) is 33.0 Å². The van der Waals surface area contributed by atoms with Gasteiger partial charge in [-0.3, -0.25) is 5.41 Å². The monoisotopic (exact) mass is 296 g/mol. The molecule has 1 aromatic heterocycles. The lowest BCUT2D eigenvalue weighted by Gasteiger charge is -2.32. The second-order valence-corrected chi connectivity index (χ2v) is 4.88. The van der Waals surface area contributed by atoms with E-state index in [0.29, 0.717) is 4.73 Å². The van der Waals surface area contributed by atoms with Gasteiger partial charge in [0, 0.05) is 0 Å². The van der Waals surface area contributed by atoms with Gasteiger partial charge in [-0.25, -0.2) is 9.78 Å². The van der Waals surface area contributed by atoms with Crippen molar-refractivity contribution >= 4 is 11.7 Å². The van der Waals surface area contributed by atoms with Crippen LogP contribution in [0.4, 0.5) is 0 Å². The molecular formula is C12H16N4O5. The number of nitrogens with zero attached hydrogens (tertiary/aromatic N) is 3. The molecule has 9 nitrogen and oxygen atoms in total. The number of hydrogen-bond acceptors (Lipinski definition) is 8. The number of oxime groups is 1. The molecule has 2 heterocycles. The van der Waals surface area contributed by atoms with Gasteiger partial charge in [0.2, 0.25) is 0 Å². The molecule has 1 aromatic rings. The summed E-state index contributed by atoms with van der Waals surface area (Å²) in [6.07, 6.45) is 0. The van der Waals surface area contributed by atoms with Crippen LogP contribution in [0.1, 0.15) is 42.6 Å². The summed E-state index contributed by atoms with van der Waals surface area (Å²) in [4.78, 5) is 15.8. The van der Waals surface area contributed by atoms with Gasteiger partial charge in [-0.05, 0) is 20.8 Å². The van der Waals surface area contributed by atoms with E-state index >= 15 is 0 Å². The molecule has 21 heavy (non-hydrogen) atoms. The molecule has 0 spiro atoms. The zero-order chi connectivity index (χ0) is 15.8. The summed E-state index contributed by atoms with van der Waals surface area (Å²) in [7, 11) is 0. The van der Waals surface area contributed by atoms with Gasteiger partial charge < -0.3 is 19.9 Å². The second-order valence-electron chi connectivity index (χ2n) is 4.88. The molecule has 0 unspecified atom stereocenters. The van der Waals surface area contributed by atoms with Crippen LogP contribution in [0, 0.1) is 5.41 Å². The summed E-state index contributed by atoms with van der Waals surface area (Å²) in [5, 5.41) is 30.1. The molecule has 0 radical (unpaired) electrons. The smallest absolute Gasteiger partial charge is 0.360 e. The molecule has 9 heteroatoms. The van der Waals surface area contributed by atoms with Crippen LogP contribution in [0.25, 0.3) is 0 Å². The number of ether oxygens (including phenoxy) is 2. The standard InChI is InChI=1S/C12H16N4O5/c1-4-20-11(17)8-10(13)16(19)6-5-21-12(2,3)9(15-18)7(6)14-8/h13,18-19H,4-5H2,1-3H3/b13-10?,15-9-. The molecule has 0 amide bonds. The number of carbonyl (C=O) groups excluding carboxylic acids is 1. The van der Waals surface area contributed by atoms with Gasteiger partial charge in [-0.1, -0.05) is 5.16 Å². The molecule has 3 N–H and O–H groups in total. The highest BCUT2D eigenvalue weighted by Crippen LogP contribution is 2.26. The van der Waals surface area contributed by atoms with E-state index in [1.807, 2.05) is 0 Å². The van der Waals surface area contributed by atoms with E-state index in [-0.39, 0.29) is 36.0 Å². The Kier molecular flexibility index (Phi) is 3.69. The maximum absolute atomic E-state index is 11.8. The molecule has 0 aromatic carbocycles. The summed E-state index contributed by atoms with van der Waals surface area (Å²) in [5.41, 5.74) is -1.56. The molecule has 0 bridgehead atoms. The van der Waals surface area contributed by atoms with Gasteiger partial charge in [0.05, 0.1) is 13.2 Å². The SMILES string of the molecule is CCOC(=O)c1nc2c(n(O)c1=N)COC(C)(C)/C2=N\O. The van der Waals surface area contributed by atoms with Gasteiger partial charge >= 0.3 is 5.97 Å². The molecule has 114 valence electrons. The highest BCUT2D eigenvalue weighted by molar-refractivity contribution is 6.06. The van der Waals surface area contributed by atoms with Gasteiger partial charge in [0.25, 0.3) is 0 Å². The van der Waals surface area contributed by atoms with Crippen LogP contribution in [-0.4, -0.2) is 44.0 Å². The predicted molar refractivity (Wildman–Crippen MR) is 68.4 cm³/mol. The van der Waals surface area contributed by atoms with Crippen molar-refractivity contribution in [3.05, 3.63) is 22.6 Å². The Labute approximate surface area is 119 Å². The Bertz CT molecular complexity index is 677. The first kappa shape index (κ1) is 15.0. The quantitative estimate of drug-likeness (QED) is 0.311. The maximum Gasteiger partial charge on any atom is 0.360 e. The number of fused-ring (bicyclic) bond motifs is 1. The Balaban J connectivity index is 2.69. The van der Waals surface area contributed by atoms with Crippen molar-refractivity contribution in [2.75, 3.05) is 6.61 Å². The fraction of sp³-hybridized carbons (Fsp3) is 0.500. The lowest BCUT2D eigenvalue weighted by atomic mass is 9.95. The van der Waals surface area contributed by atoms with E-state index in [1.165, 1.54) is 0 Å². The zero-order valence-electron chi connectivity index (χ0n) is 11.9. The first-order valence-electron chi connectivity index (χ1n) is 6.27. The predicted octanol–water partition coefficient (Wildman–Crippen LogP) is 0.264. The van der Waals surface area contributed by atoms with E-state index < -0.39 is 17.1 Å². The van der Waals surface area contributed by atoms with Crippen LogP contribution in [0.5, 0.6) is 0 Å². The lowest BCUT2D eigenvalue weighted by molar-refractivity contribution is -0.00144. The number of aromatic nitrogens is 2. The topological polar surface area (TPSA) is 130 Å². The van der Waals surface area contributed by atoms with Crippen molar-refractivity contribution in [3.63, 3.8) is 0 Å². The fourth-order valence-electron chi connectivity index (χ4n) is 2.00. The van der Waals surface area contributed by atoms with Crippen LogP contribution in [0.15, 0.2) is 5.16 Å². The van der Waals surface area contributed by atoms with Crippen LogP contribution in [-0.2, 0) is 16.1 Å². The molecule has 0 aliphatic carbocycles. The Morgan fingerprint density at radius 1 is 1.62 bits per heavy atom. The summed E-state index contributed by atoms with van der Waals surface area (Å²) < 4.78 is 10.7. The van der Waals surface area contributed by atoms with E-state index in [2.05, 4.69) is 10.1 Å². The average molecular weight is 296 g/mol. The summed E-state index contributed by atoms with van der Waals surface area (Å²) in [6.45, 7) is 5.00. The molecule has 0 saturated carbocycles. The molecule has 0 saturated heterocycles. The first-order valence-corrected chi connectivity index (χ1v) is 6.27. The first-order chi connectivity index (χ1) is 9.83. The van der Waals surface area contributed by atoms with Gasteiger partial charge in [0.15, 0.2) is 11.2 Å². The van der Waals surface area contributed by atoms with Gasteiger partial charge in [0.1, 0.15) is 22.7 Å². The average Bonchev–Trinajstić information content (AvgIpc) is 2.42. The van der Waals surface area contributed by atoms with Gasteiger partial charge in [-0.15, -0.1) is 0 Å². The minimum absolute atomic E-state index is 0.0418. The van der Waals surface area contributed by atoms with Crippen LogP contribution in [0.3, 0.4) is 0 Å². The number of nitrogens with one attached hydrogen (secondary N) is 1. The van der Waals surface area contributed by atoms with E-state index in [9.17, 15) is 15.2 Å². The summed E-state index contributed by atoms with van der Waals surface area (Å²) >= 11 is 0. The minimum Gasteiger partial charge on any atom is -0.461 e. The molecule has 2 rings (SSSR count). The third kappa shape index (κ3) is 2.35. The maximum atomic E-state index is 11.8. The van der Waals surface area contributed by atoms with Crippen molar-refractivity contribution in [2.24, 2.45) is 5.16 Å². The largest absolute Gasteiger partial charge is 0.461 e. The Hall–Kier alpha value is -2.42. The fourth-order valence-corrected chi connectivity index (χ4v) is 2.00. The normalized spacial score (nSPS) is 18.3. The van der Waals surface area contributed by atoms with E-state index in [0.717, 1.165) is 0 Å². The molecule has 0 atom stereocenters. The molecule has 0 fully saturated rings. The summed E-state index contributed by atoms with van der Waals surface area (Å²) in [5.74, 6) is -0.838. The van der Waals surface area contributed by atoms with E-state index in [4.69, 9.17) is 14.9 Å².